The van der Waals surface area contributed by atoms with E-state index < -0.39 is 6.04 Å². The predicted octanol–water partition coefficient (Wildman–Crippen LogP) is 2.07. The molecule has 116 valence electrons. The summed E-state index contributed by atoms with van der Waals surface area (Å²) in [6.45, 7) is 8.97. The molecule has 1 aromatic carbocycles. The van der Waals surface area contributed by atoms with Gasteiger partial charge in [0.25, 0.3) is 5.91 Å². The van der Waals surface area contributed by atoms with Gasteiger partial charge >= 0.3 is 0 Å². The highest BCUT2D eigenvalue weighted by Gasteiger charge is 2.17. The Morgan fingerprint density at radius 3 is 2.52 bits per heavy atom. The normalized spacial score (nSPS) is 11.6. The Bertz CT molecular complexity index is 500. The first kappa shape index (κ1) is 17.0. The van der Waals surface area contributed by atoms with Crippen LogP contribution in [-0.4, -0.2) is 30.9 Å². The van der Waals surface area contributed by atoms with Crippen molar-refractivity contribution < 1.29 is 9.59 Å². The number of hydrogen-bond donors (Lipinski definition) is 3. The molecular weight excluding hydrogens is 266 g/mol. The number of hydrogen-bond acceptors (Lipinski definition) is 3. The lowest BCUT2D eigenvalue weighted by atomic mass is 10.1. The molecule has 0 heterocycles. The minimum absolute atomic E-state index is 0.176. The first-order valence-electron chi connectivity index (χ1n) is 7.42. The van der Waals surface area contributed by atoms with Crippen molar-refractivity contribution in [2.75, 3.05) is 18.4 Å². The van der Waals surface area contributed by atoms with Gasteiger partial charge in [-0.1, -0.05) is 6.92 Å². The van der Waals surface area contributed by atoms with E-state index in [1.54, 1.807) is 13.0 Å². The molecule has 1 atom stereocenters. The number of nitrogens with one attached hydrogen (secondary N) is 3. The Kier molecular flexibility index (Phi) is 6.72. The molecule has 1 rings (SSSR count). The first-order valence-corrected chi connectivity index (χ1v) is 7.42. The van der Waals surface area contributed by atoms with Crippen molar-refractivity contribution in [3.63, 3.8) is 0 Å². The number of aryl methyl sites for hydroxylation is 1. The Morgan fingerprint density at radius 2 is 1.95 bits per heavy atom. The second kappa shape index (κ2) is 8.29. The van der Waals surface area contributed by atoms with Crippen LogP contribution in [0.15, 0.2) is 18.2 Å². The van der Waals surface area contributed by atoms with Crippen molar-refractivity contribution >= 4 is 17.5 Å². The van der Waals surface area contributed by atoms with Gasteiger partial charge in [-0.3, -0.25) is 9.59 Å². The lowest BCUT2D eigenvalue weighted by Crippen LogP contribution is -2.44. The Balaban J connectivity index is 2.72. The lowest BCUT2D eigenvalue weighted by Gasteiger charge is -2.15. The summed E-state index contributed by atoms with van der Waals surface area (Å²) in [5, 5.41) is 8.68. The quantitative estimate of drug-likeness (QED) is 0.720. The molecule has 5 heteroatoms. The van der Waals surface area contributed by atoms with Gasteiger partial charge in [0.1, 0.15) is 6.04 Å². The second-order valence-corrected chi connectivity index (χ2v) is 5.05. The Hall–Kier alpha value is -2.04. The minimum atomic E-state index is -0.547. The number of carbonyl (C=O) groups is 2. The topological polar surface area (TPSA) is 70.2 Å². The number of likely N-dealkylation sites (N-methyl/N-ethyl adjacent to an activating group) is 1. The van der Waals surface area contributed by atoms with Gasteiger partial charge in [-0.05, 0) is 51.0 Å². The smallest absolute Gasteiger partial charge is 0.252 e. The fourth-order valence-electron chi connectivity index (χ4n) is 1.96. The SMILES string of the molecule is CCCNc1ccc(C(=O)NC(C)C(=O)NCC)c(C)c1. The molecule has 0 aliphatic heterocycles. The summed E-state index contributed by atoms with van der Waals surface area (Å²) in [4.78, 5) is 23.8. The van der Waals surface area contributed by atoms with Gasteiger partial charge in [0.2, 0.25) is 5.91 Å². The fraction of sp³-hybridized carbons (Fsp3) is 0.500. The van der Waals surface area contributed by atoms with Gasteiger partial charge in [0.15, 0.2) is 0 Å². The standard InChI is InChI=1S/C16H25N3O2/c1-5-9-18-13-7-8-14(11(3)10-13)16(21)19-12(4)15(20)17-6-2/h7-8,10,12,18H,5-6,9H2,1-4H3,(H,17,20)(H,19,21). The fourth-order valence-corrected chi connectivity index (χ4v) is 1.96. The highest BCUT2D eigenvalue weighted by molar-refractivity contribution is 5.98. The van der Waals surface area contributed by atoms with Gasteiger partial charge in [-0.15, -0.1) is 0 Å². The highest BCUT2D eigenvalue weighted by Crippen LogP contribution is 2.15. The molecule has 3 N–H and O–H groups in total. The van der Waals surface area contributed by atoms with Crippen LogP contribution in [0.3, 0.4) is 0 Å². The van der Waals surface area contributed by atoms with Crippen molar-refractivity contribution in [1.29, 1.82) is 0 Å². The zero-order valence-corrected chi connectivity index (χ0v) is 13.2. The molecule has 0 fully saturated rings. The average Bonchev–Trinajstić information content (AvgIpc) is 2.45. The summed E-state index contributed by atoms with van der Waals surface area (Å²) in [5.41, 5.74) is 2.48. The van der Waals surface area contributed by atoms with Crippen LogP contribution in [0.5, 0.6) is 0 Å². The Labute approximate surface area is 126 Å². The van der Waals surface area contributed by atoms with Crippen LogP contribution in [0.1, 0.15) is 43.1 Å². The molecular formula is C16H25N3O2. The maximum Gasteiger partial charge on any atom is 0.252 e. The summed E-state index contributed by atoms with van der Waals surface area (Å²) in [6, 6.07) is 5.07. The number of benzene rings is 1. The van der Waals surface area contributed by atoms with E-state index in [9.17, 15) is 9.59 Å². The zero-order valence-electron chi connectivity index (χ0n) is 13.2. The van der Waals surface area contributed by atoms with Crippen molar-refractivity contribution in [2.45, 2.75) is 40.2 Å². The van der Waals surface area contributed by atoms with E-state index in [4.69, 9.17) is 0 Å². The average molecular weight is 291 g/mol. The molecule has 1 aromatic rings. The molecule has 0 aliphatic rings. The van der Waals surface area contributed by atoms with E-state index in [1.165, 1.54) is 0 Å². The first-order chi connectivity index (χ1) is 9.99. The van der Waals surface area contributed by atoms with E-state index in [2.05, 4.69) is 22.9 Å². The zero-order chi connectivity index (χ0) is 15.8. The molecule has 0 bridgehead atoms. The van der Waals surface area contributed by atoms with Crippen molar-refractivity contribution in [2.24, 2.45) is 0 Å². The van der Waals surface area contributed by atoms with Crippen molar-refractivity contribution in [1.82, 2.24) is 10.6 Å². The van der Waals surface area contributed by atoms with Gasteiger partial charge in [-0.2, -0.15) is 0 Å². The summed E-state index contributed by atoms with van der Waals surface area (Å²) >= 11 is 0. The third-order valence-corrected chi connectivity index (χ3v) is 3.14. The molecule has 21 heavy (non-hydrogen) atoms. The number of carbonyl (C=O) groups excluding carboxylic acids is 2. The number of amides is 2. The summed E-state index contributed by atoms with van der Waals surface area (Å²) in [5.74, 6) is -0.405. The van der Waals surface area contributed by atoms with Gasteiger partial charge < -0.3 is 16.0 Å². The highest BCUT2D eigenvalue weighted by atomic mass is 16.2. The predicted molar refractivity (Wildman–Crippen MR) is 85.6 cm³/mol. The molecule has 0 aliphatic carbocycles. The third kappa shape index (κ3) is 5.10. The van der Waals surface area contributed by atoms with Crippen molar-refractivity contribution in [3.8, 4) is 0 Å². The largest absolute Gasteiger partial charge is 0.385 e. The van der Waals surface area contributed by atoms with E-state index in [0.717, 1.165) is 24.2 Å². The summed E-state index contributed by atoms with van der Waals surface area (Å²) in [7, 11) is 0. The second-order valence-electron chi connectivity index (χ2n) is 5.05. The van der Waals surface area contributed by atoms with E-state index in [-0.39, 0.29) is 11.8 Å². The molecule has 0 aromatic heterocycles. The van der Waals surface area contributed by atoms with Crippen LogP contribution in [0.25, 0.3) is 0 Å². The van der Waals surface area contributed by atoms with Crippen LogP contribution in [0, 0.1) is 6.92 Å². The maximum atomic E-state index is 12.2. The lowest BCUT2D eigenvalue weighted by molar-refractivity contribution is -0.122. The van der Waals surface area contributed by atoms with E-state index in [0.29, 0.717) is 12.1 Å². The van der Waals surface area contributed by atoms with Gasteiger partial charge in [0, 0.05) is 24.3 Å². The minimum Gasteiger partial charge on any atom is -0.385 e. The van der Waals surface area contributed by atoms with Crippen LogP contribution in [-0.2, 0) is 4.79 Å². The van der Waals surface area contributed by atoms with Crippen LogP contribution in [0.2, 0.25) is 0 Å². The van der Waals surface area contributed by atoms with Gasteiger partial charge in [0.05, 0.1) is 0 Å². The van der Waals surface area contributed by atoms with Crippen LogP contribution in [0.4, 0.5) is 5.69 Å². The van der Waals surface area contributed by atoms with Crippen molar-refractivity contribution in [3.05, 3.63) is 29.3 Å². The van der Waals surface area contributed by atoms with Crippen LogP contribution < -0.4 is 16.0 Å². The summed E-state index contributed by atoms with van der Waals surface area (Å²) < 4.78 is 0. The van der Waals surface area contributed by atoms with E-state index >= 15 is 0 Å². The van der Waals surface area contributed by atoms with E-state index in [1.807, 2.05) is 26.0 Å². The molecule has 0 radical (unpaired) electrons. The van der Waals surface area contributed by atoms with Gasteiger partial charge in [-0.25, -0.2) is 0 Å². The molecule has 0 saturated carbocycles. The molecule has 2 amide bonds. The number of rotatable bonds is 7. The Morgan fingerprint density at radius 1 is 1.24 bits per heavy atom. The molecule has 0 spiro atoms. The van der Waals surface area contributed by atoms with Crippen LogP contribution >= 0.6 is 0 Å². The molecule has 0 saturated heterocycles. The molecule has 1 unspecified atom stereocenters. The maximum absolute atomic E-state index is 12.2. The summed E-state index contributed by atoms with van der Waals surface area (Å²) in [6.07, 6.45) is 1.05. The monoisotopic (exact) mass is 291 g/mol. The molecule has 5 nitrogen and oxygen atoms in total. The third-order valence-electron chi connectivity index (χ3n) is 3.14. The number of anilines is 1.